The maximum atomic E-state index is 11.7. The number of rotatable bonds is 6. The van der Waals surface area contributed by atoms with Gasteiger partial charge in [-0.25, -0.2) is 0 Å². The first-order valence-corrected chi connectivity index (χ1v) is 6.50. The standard InChI is InChI=1S/C14H20N2O2.ClH/c15-8-9-18-13-6-4-12(5-7-13)16-14(17)10-11-2-1-3-11;/h4-7,11H,1-3,8-10,15H2,(H,16,17);1H. The highest BCUT2D eigenvalue weighted by atomic mass is 35.5. The van der Waals surface area contributed by atoms with E-state index >= 15 is 0 Å². The number of amides is 1. The van der Waals surface area contributed by atoms with Crippen molar-refractivity contribution in [3.8, 4) is 5.75 Å². The number of ether oxygens (including phenoxy) is 1. The van der Waals surface area contributed by atoms with Crippen molar-refractivity contribution >= 4 is 24.0 Å². The molecule has 1 amide bonds. The largest absolute Gasteiger partial charge is 0.492 e. The van der Waals surface area contributed by atoms with Gasteiger partial charge in [-0.15, -0.1) is 12.4 Å². The molecule has 1 saturated carbocycles. The van der Waals surface area contributed by atoms with Gasteiger partial charge in [0.15, 0.2) is 0 Å². The Morgan fingerprint density at radius 1 is 1.32 bits per heavy atom. The molecule has 0 aliphatic heterocycles. The van der Waals surface area contributed by atoms with E-state index in [4.69, 9.17) is 10.5 Å². The monoisotopic (exact) mass is 284 g/mol. The van der Waals surface area contributed by atoms with Gasteiger partial charge < -0.3 is 15.8 Å². The predicted octanol–water partition coefficient (Wildman–Crippen LogP) is 2.57. The van der Waals surface area contributed by atoms with Crippen LogP contribution < -0.4 is 15.8 Å². The zero-order chi connectivity index (χ0) is 12.8. The molecule has 0 spiro atoms. The molecular formula is C14H21ClN2O2. The lowest BCUT2D eigenvalue weighted by atomic mass is 9.83. The van der Waals surface area contributed by atoms with Crippen molar-refractivity contribution in [2.75, 3.05) is 18.5 Å². The van der Waals surface area contributed by atoms with Crippen LogP contribution in [0.1, 0.15) is 25.7 Å². The predicted molar refractivity (Wildman–Crippen MR) is 78.8 cm³/mol. The summed E-state index contributed by atoms with van der Waals surface area (Å²) in [6.45, 7) is 1.01. The Hall–Kier alpha value is -1.26. The van der Waals surface area contributed by atoms with E-state index in [-0.39, 0.29) is 18.3 Å². The normalized spacial score (nSPS) is 14.2. The van der Waals surface area contributed by atoms with Crippen molar-refractivity contribution in [2.24, 2.45) is 11.7 Å². The fraction of sp³-hybridized carbons (Fsp3) is 0.500. The number of nitrogens with two attached hydrogens (primary N) is 1. The van der Waals surface area contributed by atoms with E-state index in [0.29, 0.717) is 25.5 Å². The van der Waals surface area contributed by atoms with Crippen molar-refractivity contribution in [3.05, 3.63) is 24.3 Å². The van der Waals surface area contributed by atoms with Crippen LogP contribution in [0.3, 0.4) is 0 Å². The van der Waals surface area contributed by atoms with E-state index < -0.39 is 0 Å². The van der Waals surface area contributed by atoms with Gasteiger partial charge in [-0.3, -0.25) is 4.79 Å². The van der Waals surface area contributed by atoms with Gasteiger partial charge in [0.1, 0.15) is 12.4 Å². The van der Waals surface area contributed by atoms with Crippen LogP contribution in [-0.2, 0) is 4.79 Å². The Bertz CT molecular complexity index is 391. The maximum absolute atomic E-state index is 11.7. The Kier molecular flexibility index (Phi) is 6.67. The summed E-state index contributed by atoms with van der Waals surface area (Å²) in [6.07, 6.45) is 4.30. The number of anilines is 1. The first-order valence-electron chi connectivity index (χ1n) is 6.50. The minimum Gasteiger partial charge on any atom is -0.492 e. The first kappa shape index (κ1) is 15.8. The Morgan fingerprint density at radius 3 is 2.53 bits per heavy atom. The molecule has 0 radical (unpaired) electrons. The highest BCUT2D eigenvalue weighted by molar-refractivity contribution is 5.90. The first-order chi connectivity index (χ1) is 8.78. The van der Waals surface area contributed by atoms with E-state index in [1.165, 1.54) is 19.3 Å². The van der Waals surface area contributed by atoms with Gasteiger partial charge in [-0.1, -0.05) is 6.42 Å². The highest BCUT2D eigenvalue weighted by Gasteiger charge is 2.20. The number of benzene rings is 1. The summed E-state index contributed by atoms with van der Waals surface area (Å²) in [4.78, 5) is 11.7. The zero-order valence-corrected chi connectivity index (χ0v) is 11.7. The van der Waals surface area contributed by atoms with Crippen molar-refractivity contribution in [1.82, 2.24) is 0 Å². The van der Waals surface area contributed by atoms with Crippen molar-refractivity contribution in [1.29, 1.82) is 0 Å². The van der Waals surface area contributed by atoms with Gasteiger partial charge in [0.25, 0.3) is 0 Å². The van der Waals surface area contributed by atoms with Crippen molar-refractivity contribution < 1.29 is 9.53 Å². The maximum Gasteiger partial charge on any atom is 0.224 e. The molecule has 5 heteroatoms. The van der Waals surface area contributed by atoms with Gasteiger partial charge in [0.05, 0.1) is 0 Å². The average Bonchev–Trinajstić information content (AvgIpc) is 2.33. The highest BCUT2D eigenvalue weighted by Crippen LogP contribution is 2.29. The third kappa shape index (κ3) is 5.09. The van der Waals surface area contributed by atoms with E-state index in [2.05, 4.69) is 5.32 Å². The molecule has 0 saturated heterocycles. The lowest BCUT2D eigenvalue weighted by Gasteiger charge is -2.24. The minimum atomic E-state index is 0. The number of carbonyl (C=O) groups is 1. The molecule has 0 atom stereocenters. The van der Waals surface area contributed by atoms with Crippen LogP contribution in [0.2, 0.25) is 0 Å². The molecule has 19 heavy (non-hydrogen) atoms. The molecule has 1 aliphatic carbocycles. The Balaban J connectivity index is 0.00000180. The summed E-state index contributed by atoms with van der Waals surface area (Å²) in [7, 11) is 0. The SMILES string of the molecule is Cl.NCCOc1ccc(NC(=O)CC2CCC2)cc1. The minimum absolute atomic E-state index is 0. The van der Waals surface area contributed by atoms with Crippen LogP contribution in [0.15, 0.2) is 24.3 Å². The van der Waals surface area contributed by atoms with Gasteiger partial charge in [-0.05, 0) is 43.0 Å². The lowest BCUT2D eigenvalue weighted by Crippen LogP contribution is -2.20. The number of nitrogens with one attached hydrogen (secondary N) is 1. The third-order valence-electron chi connectivity index (χ3n) is 3.22. The van der Waals surface area contributed by atoms with Gasteiger partial charge in [0.2, 0.25) is 5.91 Å². The number of carbonyl (C=O) groups excluding carboxylic acids is 1. The molecule has 1 aliphatic rings. The van der Waals surface area contributed by atoms with E-state index in [9.17, 15) is 4.79 Å². The second kappa shape index (κ2) is 8.02. The summed E-state index contributed by atoms with van der Waals surface area (Å²) in [5.41, 5.74) is 6.17. The topological polar surface area (TPSA) is 64.3 Å². The molecule has 1 aromatic carbocycles. The Labute approximate surface area is 120 Å². The number of halogens is 1. The van der Waals surface area contributed by atoms with E-state index in [1.54, 1.807) is 0 Å². The summed E-state index contributed by atoms with van der Waals surface area (Å²) >= 11 is 0. The fourth-order valence-corrected chi connectivity index (χ4v) is 1.98. The number of hydrogen-bond donors (Lipinski definition) is 2. The molecule has 0 aromatic heterocycles. The summed E-state index contributed by atoms with van der Waals surface area (Å²) < 4.78 is 5.37. The molecule has 2 rings (SSSR count). The van der Waals surface area contributed by atoms with Crippen LogP contribution in [0.4, 0.5) is 5.69 Å². The van der Waals surface area contributed by atoms with Crippen LogP contribution >= 0.6 is 12.4 Å². The smallest absolute Gasteiger partial charge is 0.224 e. The van der Waals surface area contributed by atoms with Crippen LogP contribution in [0.25, 0.3) is 0 Å². The molecule has 0 bridgehead atoms. The summed E-state index contributed by atoms with van der Waals surface area (Å²) in [5.74, 6) is 1.48. The molecule has 1 fully saturated rings. The van der Waals surface area contributed by atoms with Crippen LogP contribution in [0, 0.1) is 5.92 Å². The molecular weight excluding hydrogens is 264 g/mol. The third-order valence-corrected chi connectivity index (χ3v) is 3.22. The zero-order valence-electron chi connectivity index (χ0n) is 10.9. The Morgan fingerprint density at radius 2 is 2.00 bits per heavy atom. The van der Waals surface area contributed by atoms with Crippen LogP contribution in [-0.4, -0.2) is 19.1 Å². The second-order valence-corrected chi connectivity index (χ2v) is 4.71. The summed E-state index contributed by atoms with van der Waals surface area (Å²) in [5, 5.41) is 2.91. The lowest BCUT2D eigenvalue weighted by molar-refractivity contribution is -0.117. The number of hydrogen-bond acceptors (Lipinski definition) is 3. The van der Waals surface area contributed by atoms with Crippen molar-refractivity contribution in [2.45, 2.75) is 25.7 Å². The second-order valence-electron chi connectivity index (χ2n) is 4.71. The summed E-state index contributed by atoms with van der Waals surface area (Å²) in [6, 6.07) is 7.39. The van der Waals surface area contributed by atoms with Gasteiger partial charge >= 0.3 is 0 Å². The molecule has 106 valence electrons. The molecule has 3 N–H and O–H groups in total. The van der Waals surface area contributed by atoms with E-state index in [1.807, 2.05) is 24.3 Å². The average molecular weight is 285 g/mol. The van der Waals surface area contributed by atoms with E-state index in [0.717, 1.165) is 11.4 Å². The van der Waals surface area contributed by atoms with Gasteiger partial charge in [0, 0.05) is 18.7 Å². The molecule has 1 aromatic rings. The van der Waals surface area contributed by atoms with Crippen molar-refractivity contribution in [3.63, 3.8) is 0 Å². The quantitative estimate of drug-likeness (QED) is 0.844. The molecule has 4 nitrogen and oxygen atoms in total. The molecule has 0 heterocycles. The fourth-order valence-electron chi connectivity index (χ4n) is 1.98. The van der Waals surface area contributed by atoms with Gasteiger partial charge in [-0.2, -0.15) is 0 Å². The van der Waals surface area contributed by atoms with Crippen LogP contribution in [0.5, 0.6) is 5.75 Å². The molecule has 0 unspecified atom stereocenters.